The van der Waals surface area contributed by atoms with E-state index in [0.717, 1.165) is 29.9 Å². The van der Waals surface area contributed by atoms with Gasteiger partial charge in [0.1, 0.15) is 6.61 Å². The lowest BCUT2D eigenvalue weighted by molar-refractivity contribution is 0.174. The minimum Gasteiger partial charge on any atom is -0.445 e. The highest BCUT2D eigenvalue weighted by molar-refractivity contribution is 5.84. The third-order valence-corrected chi connectivity index (χ3v) is 5.81. The zero-order chi connectivity index (χ0) is 22.2. The van der Waals surface area contributed by atoms with Crippen LogP contribution in [0.4, 0.5) is 10.5 Å². The van der Waals surface area contributed by atoms with E-state index in [9.17, 15) is 4.79 Å². The molecule has 0 aliphatic carbocycles. The van der Waals surface area contributed by atoms with E-state index in [2.05, 4.69) is 39.9 Å². The van der Waals surface area contributed by atoms with Gasteiger partial charge in [-0.05, 0) is 55.7 Å². The summed E-state index contributed by atoms with van der Waals surface area (Å²) in [4.78, 5) is 11.8. The first-order valence-electron chi connectivity index (χ1n) is 12.0. The fourth-order valence-electron chi connectivity index (χ4n) is 3.74. The van der Waals surface area contributed by atoms with Crippen LogP contribution in [-0.2, 0) is 4.74 Å². The molecule has 0 spiro atoms. The second-order valence-corrected chi connectivity index (χ2v) is 9.50. The molecule has 1 aromatic carbocycles. The lowest BCUT2D eigenvalue weighted by Gasteiger charge is -2.15. The maximum atomic E-state index is 11.8. The van der Waals surface area contributed by atoms with Gasteiger partial charge < -0.3 is 4.74 Å². The highest BCUT2D eigenvalue weighted by atomic mass is 16.5. The number of ether oxygens (including phenoxy) is 1. The molecule has 0 aliphatic heterocycles. The van der Waals surface area contributed by atoms with Gasteiger partial charge in [0.25, 0.3) is 0 Å². The third kappa shape index (κ3) is 14.3. The van der Waals surface area contributed by atoms with E-state index in [1.165, 1.54) is 56.9 Å². The molecule has 1 rings (SSSR count). The Morgan fingerprint density at radius 3 is 2.07 bits per heavy atom. The number of anilines is 1. The van der Waals surface area contributed by atoms with E-state index >= 15 is 0 Å². The first-order valence-corrected chi connectivity index (χ1v) is 12.0. The molecule has 1 N–H and O–H groups in total. The molecule has 0 bridgehead atoms. The maximum Gasteiger partial charge on any atom is 0.411 e. The molecule has 0 saturated heterocycles. The third-order valence-electron chi connectivity index (χ3n) is 5.81. The number of para-hydroxylation sites is 1. The smallest absolute Gasteiger partial charge is 0.411 e. The van der Waals surface area contributed by atoms with Gasteiger partial charge in [-0.25, -0.2) is 4.79 Å². The van der Waals surface area contributed by atoms with E-state index in [1.807, 2.05) is 36.4 Å². The molecular weight excluding hydrogens is 370 g/mol. The number of rotatable bonds is 15. The van der Waals surface area contributed by atoms with Crippen molar-refractivity contribution < 1.29 is 9.53 Å². The molecular formula is C27H45NO2. The Labute approximate surface area is 185 Å². The molecule has 0 saturated carbocycles. The standard InChI is InChI=1S/C27H45NO2/c1-22(2)12-9-13-23(3)14-10-15-24(4)16-11-17-25(5)20-21-30-27(29)28-26-18-7-6-8-19-26/h6-8,18-20,22-24H,9-17,21H2,1-5H3,(H,28,29)/b25-20+/t23-,24-/m1/s1. The average Bonchev–Trinajstić information content (AvgIpc) is 2.68. The van der Waals surface area contributed by atoms with Gasteiger partial charge in [0.2, 0.25) is 0 Å². The molecule has 3 nitrogen and oxygen atoms in total. The Kier molecular flexibility index (Phi) is 14.0. The van der Waals surface area contributed by atoms with Crippen LogP contribution in [0, 0.1) is 17.8 Å². The van der Waals surface area contributed by atoms with Crippen LogP contribution >= 0.6 is 0 Å². The van der Waals surface area contributed by atoms with E-state index in [0.29, 0.717) is 6.61 Å². The number of allylic oxidation sites excluding steroid dienone is 1. The van der Waals surface area contributed by atoms with E-state index < -0.39 is 6.09 Å². The number of carbonyl (C=O) groups is 1. The van der Waals surface area contributed by atoms with Crippen LogP contribution in [-0.4, -0.2) is 12.7 Å². The van der Waals surface area contributed by atoms with Crippen LogP contribution in [0.15, 0.2) is 42.0 Å². The van der Waals surface area contributed by atoms with Crippen LogP contribution in [0.5, 0.6) is 0 Å². The van der Waals surface area contributed by atoms with Gasteiger partial charge in [-0.1, -0.05) is 96.4 Å². The molecule has 0 unspecified atom stereocenters. The van der Waals surface area contributed by atoms with Gasteiger partial charge in [0.15, 0.2) is 0 Å². The van der Waals surface area contributed by atoms with Crippen LogP contribution in [0.25, 0.3) is 0 Å². The average molecular weight is 416 g/mol. The normalized spacial score (nSPS) is 13.9. The molecule has 1 amide bonds. The topological polar surface area (TPSA) is 38.3 Å². The Bertz CT molecular complexity index is 594. The summed E-state index contributed by atoms with van der Waals surface area (Å²) in [5.41, 5.74) is 2.05. The van der Waals surface area contributed by atoms with Gasteiger partial charge >= 0.3 is 6.09 Å². The zero-order valence-electron chi connectivity index (χ0n) is 20.1. The van der Waals surface area contributed by atoms with E-state index in [1.54, 1.807) is 0 Å². The van der Waals surface area contributed by atoms with Crippen molar-refractivity contribution in [3.63, 3.8) is 0 Å². The number of hydrogen-bond acceptors (Lipinski definition) is 2. The van der Waals surface area contributed by atoms with E-state index in [-0.39, 0.29) is 0 Å². The van der Waals surface area contributed by atoms with Crippen molar-refractivity contribution in [3.05, 3.63) is 42.0 Å². The Morgan fingerprint density at radius 2 is 1.47 bits per heavy atom. The van der Waals surface area contributed by atoms with Gasteiger partial charge in [-0.2, -0.15) is 0 Å². The Morgan fingerprint density at radius 1 is 0.900 bits per heavy atom. The quantitative estimate of drug-likeness (QED) is 0.291. The molecule has 0 aromatic heterocycles. The Balaban J connectivity index is 2.06. The summed E-state index contributed by atoms with van der Waals surface area (Å²) in [6.07, 6.45) is 13.4. The molecule has 1 aromatic rings. The van der Waals surface area contributed by atoms with Crippen molar-refractivity contribution in [2.75, 3.05) is 11.9 Å². The van der Waals surface area contributed by atoms with Crippen LogP contribution in [0.1, 0.15) is 92.4 Å². The molecule has 2 atom stereocenters. The summed E-state index contributed by atoms with van der Waals surface area (Å²) < 4.78 is 5.23. The molecule has 0 radical (unpaired) electrons. The van der Waals surface area contributed by atoms with Crippen LogP contribution in [0.3, 0.4) is 0 Å². The van der Waals surface area contributed by atoms with Crippen LogP contribution < -0.4 is 5.32 Å². The van der Waals surface area contributed by atoms with Gasteiger partial charge in [-0.3, -0.25) is 5.32 Å². The predicted molar refractivity (Wildman–Crippen MR) is 130 cm³/mol. The SMILES string of the molecule is C/C(=C\COC(=O)Nc1ccccc1)CCC[C@H](C)CCC[C@H](C)CCCC(C)C. The minimum atomic E-state index is -0.405. The van der Waals surface area contributed by atoms with Gasteiger partial charge in [0, 0.05) is 5.69 Å². The van der Waals surface area contributed by atoms with E-state index in [4.69, 9.17) is 4.74 Å². The molecule has 0 fully saturated rings. The number of benzene rings is 1. The van der Waals surface area contributed by atoms with Crippen molar-refractivity contribution in [1.82, 2.24) is 0 Å². The predicted octanol–water partition coefficient (Wildman–Crippen LogP) is 8.62. The number of hydrogen-bond donors (Lipinski definition) is 1. The second-order valence-electron chi connectivity index (χ2n) is 9.50. The summed E-state index contributed by atoms with van der Waals surface area (Å²) in [6.45, 7) is 11.9. The number of carbonyl (C=O) groups excluding carboxylic acids is 1. The summed E-state index contributed by atoms with van der Waals surface area (Å²) in [7, 11) is 0. The summed E-state index contributed by atoms with van der Waals surface area (Å²) >= 11 is 0. The minimum absolute atomic E-state index is 0.328. The maximum absolute atomic E-state index is 11.8. The summed E-state index contributed by atoms with van der Waals surface area (Å²) in [5.74, 6) is 2.52. The number of amides is 1. The molecule has 3 heteroatoms. The summed E-state index contributed by atoms with van der Waals surface area (Å²) in [5, 5.41) is 2.73. The van der Waals surface area contributed by atoms with Crippen molar-refractivity contribution >= 4 is 11.8 Å². The lowest BCUT2D eigenvalue weighted by atomic mass is 9.91. The molecule has 0 heterocycles. The van der Waals surface area contributed by atoms with Crippen molar-refractivity contribution in [2.24, 2.45) is 17.8 Å². The monoisotopic (exact) mass is 415 g/mol. The fourth-order valence-corrected chi connectivity index (χ4v) is 3.74. The first-order chi connectivity index (χ1) is 14.4. The highest BCUT2D eigenvalue weighted by Gasteiger charge is 2.07. The van der Waals surface area contributed by atoms with Crippen molar-refractivity contribution in [2.45, 2.75) is 92.4 Å². The Hall–Kier alpha value is -1.77. The number of nitrogens with one attached hydrogen (secondary N) is 1. The van der Waals surface area contributed by atoms with Gasteiger partial charge in [-0.15, -0.1) is 0 Å². The fraction of sp³-hybridized carbons (Fsp3) is 0.667. The van der Waals surface area contributed by atoms with Crippen molar-refractivity contribution in [3.8, 4) is 0 Å². The van der Waals surface area contributed by atoms with Crippen molar-refractivity contribution in [1.29, 1.82) is 0 Å². The highest BCUT2D eigenvalue weighted by Crippen LogP contribution is 2.22. The molecule has 30 heavy (non-hydrogen) atoms. The first kappa shape index (κ1) is 26.3. The summed E-state index contributed by atoms with van der Waals surface area (Å²) in [6, 6.07) is 9.37. The molecule has 0 aliphatic rings. The molecule has 170 valence electrons. The second kappa shape index (κ2) is 16.0. The van der Waals surface area contributed by atoms with Gasteiger partial charge in [0.05, 0.1) is 0 Å². The zero-order valence-corrected chi connectivity index (χ0v) is 20.1. The van der Waals surface area contributed by atoms with Crippen LogP contribution in [0.2, 0.25) is 0 Å². The largest absolute Gasteiger partial charge is 0.445 e. The lowest BCUT2D eigenvalue weighted by Crippen LogP contribution is -2.13.